The van der Waals surface area contributed by atoms with Gasteiger partial charge < -0.3 is 15.2 Å². The van der Waals surface area contributed by atoms with E-state index in [4.69, 9.17) is 9.72 Å². The quantitative estimate of drug-likeness (QED) is 0.356. The van der Waals surface area contributed by atoms with Gasteiger partial charge in [0.05, 0.1) is 29.4 Å². The summed E-state index contributed by atoms with van der Waals surface area (Å²) in [6.45, 7) is 1.81. The monoisotopic (exact) mass is 443 g/mol. The van der Waals surface area contributed by atoms with Gasteiger partial charge in [0.1, 0.15) is 5.56 Å². The Labute approximate surface area is 189 Å². The van der Waals surface area contributed by atoms with Gasteiger partial charge in [-0.05, 0) is 50.1 Å². The van der Waals surface area contributed by atoms with Gasteiger partial charge in [-0.15, -0.1) is 0 Å². The fourth-order valence-electron chi connectivity index (χ4n) is 3.82. The van der Waals surface area contributed by atoms with Gasteiger partial charge in [0.2, 0.25) is 0 Å². The number of amides is 1. The smallest absolute Gasteiger partial charge is 0.341 e. The van der Waals surface area contributed by atoms with E-state index in [9.17, 15) is 14.7 Å². The molecule has 0 bridgehead atoms. The third-order valence-corrected chi connectivity index (χ3v) is 5.63. The molecule has 5 rings (SSSR count). The van der Waals surface area contributed by atoms with Crippen molar-refractivity contribution in [2.45, 2.75) is 25.7 Å². The number of carbonyl (C=O) groups excluding carboxylic acids is 2. The molecule has 3 heterocycles. The molecular formula is C24H21N5O4. The first-order valence-electron chi connectivity index (χ1n) is 10.5. The summed E-state index contributed by atoms with van der Waals surface area (Å²) in [6, 6.07) is 11.8. The molecule has 9 heteroatoms. The molecule has 0 spiro atoms. The van der Waals surface area contributed by atoms with Crippen LogP contribution in [0.25, 0.3) is 16.9 Å². The van der Waals surface area contributed by atoms with Gasteiger partial charge in [-0.2, -0.15) is 9.78 Å². The second-order valence-corrected chi connectivity index (χ2v) is 7.90. The van der Waals surface area contributed by atoms with Crippen LogP contribution in [0.1, 0.15) is 50.9 Å². The molecule has 2 N–H and O–H groups in total. The van der Waals surface area contributed by atoms with E-state index in [0.29, 0.717) is 34.0 Å². The Balaban J connectivity index is 1.62. The van der Waals surface area contributed by atoms with Crippen LogP contribution in [0.3, 0.4) is 0 Å². The van der Waals surface area contributed by atoms with Gasteiger partial charge in [0.15, 0.2) is 17.2 Å². The summed E-state index contributed by atoms with van der Waals surface area (Å²) in [6.07, 6.45) is 3.70. The highest BCUT2D eigenvalue weighted by atomic mass is 16.5. The maximum atomic E-state index is 13.4. The molecule has 0 saturated heterocycles. The van der Waals surface area contributed by atoms with Gasteiger partial charge in [0.25, 0.3) is 5.91 Å². The molecule has 0 unspecified atom stereocenters. The first-order chi connectivity index (χ1) is 16.0. The maximum Gasteiger partial charge on any atom is 0.341 e. The second kappa shape index (κ2) is 8.01. The van der Waals surface area contributed by atoms with E-state index < -0.39 is 11.9 Å². The highest BCUT2D eigenvalue weighted by molar-refractivity contribution is 6.13. The number of phenols is 1. The highest BCUT2D eigenvalue weighted by Gasteiger charge is 2.29. The number of anilines is 1. The Bertz CT molecular complexity index is 1390. The van der Waals surface area contributed by atoms with Crippen molar-refractivity contribution >= 4 is 28.6 Å². The molecule has 1 aliphatic rings. The van der Waals surface area contributed by atoms with Gasteiger partial charge >= 0.3 is 5.97 Å². The number of nitrogens with one attached hydrogen (secondary N) is 1. The number of pyridine rings is 2. The largest absolute Gasteiger partial charge is 0.505 e. The summed E-state index contributed by atoms with van der Waals surface area (Å²) in [5.41, 5.74) is 2.46. The number of nitrogens with zero attached hydrogens (tertiary/aromatic N) is 4. The van der Waals surface area contributed by atoms with Crippen LogP contribution >= 0.6 is 0 Å². The predicted molar refractivity (Wildman–Crippen MR) is 121 cm³/mol. The minimum absolute atomic E-state index is 0.0343. The molecule has 3 aromatic heterocycles. The Morgan fingerprint density at radius 2 is 1.97 bits per heavy atom. The Morgan fingerprint density at radius 3 is 2.67 bits per heavy atom. The van der Waals surface area contributed by atoms with Crippen molar-refractivity contribution in [3.63, 3.8) is 0 Å². The zero-order valence-electron chi connectivity index (χ0n) is 18.1. The third-order valence-electron chi connectivity index (χ3n) is 5.63. The molecule has 1 fully saturated rings. The van der Waals surface area contributed by atoms with Crippen LogP contribution in [0.4, 0.5) is 5.69 Å². The average molecular weight is 443 g/mol. The molecule has 4 aromatic rings. The van der Waals surface area contributed by atoms with E-state index in [1.807, 2.05) is 25.1 Å². The van der Waals surface area contributed by atoms with Crippen molar-refractivity contribution in [3.05, 3.63) is 71.2 Å². The van der Waals surface area contributed by atoms with Gasteiger partial charge in [-0.3, -0.25) is 4.79 Å². The summed E-state index contributed by atoms with van der Waals surface area (Å²) in [5, 5.41) is 18.4. The molecule has 1 amide bonds. The summed E-state index contributed by atoms with van der Waals surface area (Å²) < 4.78 is 6.33. The molecule has 0 atom stereocenters. The molecule has 33 heavy (non-hydrogen) atoms. The van der Waals surface area contributed by atoms with Crippen molar-refractivity contribution < 1.29 is 19.4 Å². The lowest BCUT2D eigenvalue weighted by Gasteiger charge is -2.12. The first-order valence-corrected chi connectivity index (χ1v) is 10.5. The minimum atomic E-state index is -0.696. The van der Waals surface area contributed by atoms with Crippen LogP contribution in [0.2, 0.25) is 0 Å². The summed E-state index contributed by atoms with van der Waals surface area (Å²) in [7, 11) is 1.22. The van der Waals surface area contributed by atoms with Gasteiger partial charge in [-0.25, -0.2) is 14.8 Å². The molecule has 166 valence electrons. The number of aryl methyl sites for hydroxylation is 1. The lowest BCUT2D eigenvalue weighted by Crippen LogP contribution is -2.15. The minimum Gasteiger partial charge on any atom is -0.505 e. The molecule has 9 nitrogen and oxygen atoms in total. The molecule has 1 aliphatic carbocycles. The van der Waals surface area contributed by atoms with Crippen LogP contribution in [-0.4, -0.2) is 43.8 Å². The van der Waals surface area contributed by atoms with Crippen molar-refractivity contribution in [1.82, 2.24) is 19.7 Å². The van der Waals surface area contributed by atoms with Crippen molar-refractivity contribution in [2.24, 2.45) is 0 Å². The first kappa shape index (κ1) is 20.6. The van der Waals surface area contributed by atoms with E-state index >= 15 is 0 Å². The summed E-state index contributed by atoms with van der Waals surface area (Å²) in [4.78, 5) is 34.5. The van der Waals surface area contributed by atoms with Crippen LogP contribution in [0.15, 0.2) is 48.7 Å². The number of phenolic OH excluding ortho intramolecular Hbond substituents is 1. The zero-order valence-corrected chi connectivity index (χ0v) is 18.1. The average Bonchev–Trinajstić information content (AvgIpc) is 3.63. The predicted octanol–water partition coefficient (Wildman–Crippen LogP) is 3.75. The zero-order chi connectivity index (χ0) is 23.1. The van der Waals surface area contributed by atoms with E-state index in [0.717, 1.165) is 18.5 Å². The van der Waals surface area contributed by atoms with Crippen molar-refractivity contribution in [2.75, 3.05) is 12.4 Å². The number of ether oxygens (including phenoxy) is 1. The van der Waals surface area contributed by atoms with E-state index in [2.05, 4.69) is 15.4 Å². The Kier molecular flexibility index (Phi) is 5.01. The van der Waals surface area contributed by atoms with Crippen LogP contribution in [0, 0.1) is 6.92 Å². The van der Waals surface area contributed by atoms with E-state index in [1.54, 1.807) is 23.0 Å². The number of fused-ring (bicyclic) bond motifs is 1. The van der Waals surface area contributed by atoms with Crippen LogP contribution < -0.4 is 5.32 Å². The maximum absolute atomic E-state index is 13.4. The Hall–Kier alpha value is -4.27. The molecule has 1 saturated carbocycles. The number of aromatic hydroxyl groups is 1. The number of hydrogen-bond acceptors (Lipinski definition) is 7. The van der Waals surface area contributed by atoms with Crippen LogP contribution in [0.5, 0.6) is 5.75 Å². The fourth-order valence-corrected chi connectivity index (χ4v) is 3.82. The number of hydrogen-bond donors (Lipinski definition) is 2. The number of benzene rings is 1. The van der Waals surface area contributed by atoms with E-state index in [-0.39, 0.29) is 17.0 Å². The number of aromatic nitrogens is 4. The van der Waals surface area contributed by atoms with Gasteiger partial charge in [0, 0.05) is 17.8 Å². The van der Waals surface area contributed by atoms with E-state index in [1.165, 1.54) is 19.2 Å². The normalized spacial score (nSPS) is 13.2. The summed E-state index contributed by atoms with van der Waals surface area (Å²) in [5.74, 6) is -0.592. The Morgan fingerprint density at radius 1 is 1.15 bits per heavy atom. The number of para-hydroxylation sites is 1. The number of carbonyl (C=O) groups is 2. The number of esters is 1. The number of methoxy groups -OCH3 is 1. The summed E-state index contributed by atoms with van der Waals surface area (Å²) >= 11 is 0. The molecule has 0 aliphatic heterocycles. The van der Waals surface area contributed by atoms with Gasteiger partial charge in [-0.1, -0.05) is 12.1 Å². The van der Waals surface area contributed by atoms with Crippen molar-refractivity contribution in [3.8, 4) is 11.6 Å². The highest BCUT2D eigenvalue weighted by Crippen LogP contribution is 2.41. The molecular weight excluding hydrogens is 422 g/mol. The fraction of sp³-hybridized carbons (Fsp3) is 0.208. The lowest BCUT2D eigenvalue weighted by atomic mass is 10.1. The second-order valence-electron chi connectivity index (χ2n) is 7.90. The third kappa shape index (κ3) is 3.67. The lowest BCUT2D eigenvalue weighted by molar-refractivity contribution is 0.0597. The standard InChI is InChI=1S/C24H21N5O4/c1-13-20-16(23(31)27-17-7-5-6-15(21(17)30)24(32)33-2)12-18(14-9-10-14)26-22(20)29(28-13)19-8-3-4-11-25-19/h3-8,11-12,14,30H,9-10H2,1-2H3,(H,27,31). The van der Waals surface area contributed by atoms with Crippen LogP contribution in [-0.2, 0) is 4.74 Å². The SMILES string of the molecule is COC(=O)c1cccc(NC(=O)c2cc(C3CC3)nc3c2c(C)nn3-c2ccccn2)c1O. The molecule has 1 aromatic carbocycles. The van der Waals surface area contributed by atoms with Crippen molar-refractivity contribution in [1.29, 1.82) is 0 Å². The molecule has 0 radical (unpaired) electrons. The number of rotatable bonds is 5. The topological polar surface area (TPSA) is 119 Å².